The van der Waals surface area contributed by atoms with Gasteiger partial charge in [-0.2, -0.15) is 0 Å². The average molecular weight is 275 g/mol. The summed E-state index contributed by atoms with van der Waals surface area (Å²) in [5.74, 6) is 0.191. The molecule has 1 aromatic carbocycles. The van der Waals surface area contributed by atoms with Crippen LogP contribution in [-0.4, -0.2) is 34.6 Å². The monoisotopic (exact) mass is 275 g/mol. The van der Waals surface area contributed by atoms with E-state index in [1.165, 1.54) is 11.1 Å². The maximum atomic E-state index is 12.4. The van der Waals surface area contributed by atoms with E-state index in [0.717, 1.165) is 24.9 Å². The van der Waals surface area contributed by atoms with E-state index in [0.29, 0.717) is 12.8 Å². The second-order valence-corrected chi connectivity index (χ2v) is 6.06. The number of likely N-dealkylation sites (tertiary alicyclic amines) is 1. The number of aliphatic hydroxyl groups excluding tert-OH is 1. The Morgan fingerprint density at radius 1 is 1.40 bits per heavy atom. The normalized spacial score (nSPS) is 20.2. The zero-order valence-electron chi connectivity index (χ0n) is 12.7. The van der Waals surface area contributed by atoms with Crippen LogP contribution in [-0.2, 0) is 11.2 Å². The van der Waals surface area contributed by atoms with Crippen LogP contribution in [0.25, 0.3) is 0 Å². The van der Waals surface area contributed by atoms with Gasteiger partial charge in [0.25, 0.3) is 0 Å². The summed E-state index contributed by atoms with van der Waals surface area (Å²) in [7, 11) is 0. The summed E-state index contributed by atoms with van der Waals surface area (Å²) in [6.07, 6.45) is 2.89. The molecule has 1 aliphatic heterocycles. The Morgan fingerprint density at radius 3 is 2.80 bits per heavy atom. The summed E-state index contributed by atoms with van der Waals surface area (Å²) < 4.78 is 0. The molecule has 0 saturated carbocycles. The van der Waals surface area contributed by atoms with Gasteiger partial charge in [-0.1, -0.05) is 18.2 Å². The second kappa shape index (κ2) is 6.40. The third kappa shape index (κ3) is 3.60. The molecule has 3 nitrogen and oxygen atoms in total. The van der Waals surface area contributed by atoms with Crippen LogP contribution in [0.15, 0.2) is 18.2 Å². The largest absolute Gasteiger partial charge is 0.393 e. The molecule has 0 bridgehead atoms. The molecule has 0 radical (unpaired) electrons. The number of aliphatic hydroxyl groups is 1. The lowest BCUT2D eigenvalue weighted by molar-refractivity contribution is -0.131. The first-order valence-electron chi connectivity index (χ1n) is 7.51. The van der Waals surface area contributed by atoms with Crippen molar-refractivity contribution in [2.45, 2.75) is 58.6 Å². The van der Waals surface area contributed by atoms with Gasteiger partial charge in [0.15, 0.2) is 0 Å². The third-order valence-corrected chi connectivity index (χ3v) is 4.24. The maximum Gasteiger partial charge on any atom is 0.227 e. The van der Waals surface area contributed by atoms with Crippen LogP contribution in [0.4, 0.5) is 0 Å². The van der Waals surface area contributed by atoms with Crippen LogP contribution in [0.2, 0.25) is 0 Å². The number of amides is 1. The number of carbonyl (C=O) groups excluding carboxylic acids is 1. The molecule has 1 saturated heterocycles. The molecule has 3 heteroatoms. The molecule has 0 aliphatic carbocycles. The molecule has 110 valence electrons. The van der Waals surface area contributed by atoms with Gasteiger partial charge in [-0.25, -0.2) is 0 Å². The highest BCUT2D eigenvalue weighted by Crippen LogP contribution is 2.22. The standard InChI is InChI=1S/C17H25NO2/c1-12-6-7-15(9-13(12)2)11-17(20)18-8-4-5-16(18)10-14(3)19/h6-7,9,14,16,19H,4-5,8,10-11H2,1-3H3. The van der Waals surface area contributed by atoms with Crippen LogP contribution < -0.4 is 0 Å². The molecule has 2 rings (SSSR count). The summed E-state index contributed by atoms with van der Waals surface area (Å²) in [5, 5.41) is 9.53. The minimum atomic E-state index is -0.338. The van der Waals surface area contributed by atoms with Gasteiger partial charge in [-0.15, -0.1) is 0 Å². The topological polar surface area (TPSA) is 40.5 Å². The Labute approximate surface area is 121 Å². The van der Waals surface area contributed by atoms with Gasteiger partial charge in [0.1, 0.15) is 0 Å². The molecule has 1 aromatic rings. The zero-order chi connectivity index (χ0) is 14.7. The summed E-state index contributed by atoms with van der Waals surface area (Å²) in [5.41, 5.74) is 3.58. The van der Waals surface area contributed by atoms with Gasteiger partial charge in [-0.3, -0.25) is 4.79 Å². The molecular weight excluding hydrogens is 250 g/mol. The lowest BCUT2D eigenvalue weighted by atomic mass is 10.0. The van der Waals surface area contributed by atoms with E-state index in [9.17, 15) is 9.90 Å². The minimum Gasteiger partial charge on any atom is -0.393 e. The minimum absolute atomic E-state index is 0.191. The first-order valence-corrected chi connectivity index (χ1v) is 7.51. The van der Waals surface area contributed by atoms with Crippen molar-refractivity contribution >= 4 is 5.91 Å². The number of aryl methyl sites for hydroxylation is 2. The molecule has 2 unspecified atom stereocenters. The summed E-state index contributed by atoms with van der Waals surface area (Å²) in [6.45, 7) is 6.79. The van der Waals surface area contributed by atoms with E-state index in [1.807, 2.05) is 11.0 Å². The van der Waals surface area contributed by atoms with Crippen LogP contribution >= 0.6 is 0 Å². The number of rotatable bonds is 4. The lowest BCUT2D eigenvalue weighted by Gasteiger charge is -2.26. The van der Waals surface area contributed by atoms with Crippen LogP contribution in [0.1, 0.15) is 42.9 Å². The van der Waals surface area contributed by atoms with Crippen LogP contribution in [0.3, 0.4) is 0 Å². The summed E-state index contributed by atoms with van der Waals surface area (Å²) in [4.78, 5) is 14.4. The second-order valence-electron chi connectivity index (χ2n) is 6.06. The van der Waals surface area contributed by atoms with Crippen molar-refractivity contribution < 1.29 is 9.90 Å². The smallest absolute Gasteiger partial charge is 0.227 e. The number of hydrogen-bond acceptors (Lipinski definition) is 2. The molecule has 2 atom stereocenters. The van der Waals surface area contributed by atoms with Gasteiger partial charge in [0.05, 0.1) is 12.5 Å². The fraction of sp³-hybridized carbons (Fsp3) is 0.588. The van der Waals surface area contributed by atoms with E-state index in [2.05, 4.69) is 26.0 Å². The Hall–Kier alpha value is -1.35. The molecule has 1 fully saturated rings. The molecule has 1 N–H and O–H groups in total. The molecule has 1 amide bonds. The Balaban J connectivity index is 2.01. The van der Waals surface area contributed by atoms with Crippen molar-refractivity contribution in [3.8, 4) is 0 Å². The van der Waals surface area contributed by atoms with Gasteiger partial charge in [0, 0.05) is 12.6 Å². The van der Waals surface area contributed by atoms with Gasteiger partial charge < -0.3 is 10.0 Å². The molecule has 1 heterocycles. The Bertz CT molecular complexity index is 482. The summed E-state index contributed by atoms with van der Waals surface area (Å²) in [6, 6.07) is 6.44. The first-order chi connectivity index (χ1) is 9.47. The molecule has 0 aromatic heterocycles. The van der Waals surface area contributed by atoms with E-state index in [-0.39, 0.29) is 18.1 Å². The zero-order valence-corrected chi connectivity index (χ0v) is 12.7. The number of nitrogens with zero attached hydrogens (tertiary/aromatic N) is 1. The van der Waals surface area contributed by atoms with Crippen LogP contribution in [0, 0.1) is 13.8 Å². The van der Waals surface area contributed by atoms with E-state index in [1.54, 1.807) is 6.92 Å². The number of carbonyl (C=O) groups is 1. The predicted octanol–water partition coefficient (Wildman–Crippen LogP) is 2.61. The highest BCUT2D eigenvalue weighted by molar-refractivity contribution is 5.79. The highest BCUT2D eigenvalue weighted by Gasteiger charge is 2.29. The SMILES string of the molecule is Cc1ccc(CC(=O)N2CCCC2CC(C)O)cc1C. The third-order valence-electron chi connectivity index (χ3n) is 4.24. The van der Waals surface area contributed by atoms with Crippen LogP contribution in [0.5, 0.6) is 0 Å². The number of benzene rings is 1. The van der Waals surface area contributed by atoms with E-state index >= 15 is 0 Å². The Morgan fingerprint density at radius 2 is 2.15 bits per heavy atom. The van der Waals surface area contributed by atoms with Gasteiger partial charge >= 0.3 is 0 Å². The van der Waals surface area contributed by atoms with Crippen molar-refractivity contribution in [2.75, 3.05) is 6.54 Å². The first kappa shape index (κ1) is 15.0. The van der Waals surface area contributed by atoms with E-state index < -0.39 is 0 Å². The van der Waals surface area contributed by atoms with Gasteiger partial charge in [0.2, 0.25) is 5.91 Å². The quantitative estimate of drug-likeness (QED) is 0.917. The molecular formula is C17H25NO2. The fourth-order valence-electron chi connectivity index (χ4n) is 2.99. The maximum absolute atomic E-state index is 12.4. The predicted molar refractivity (Wildman–Crippen MR) is 80.7 cm³/mol. The number of hydrogen-bond donors (Lipinski definition) is 1. The van der Waals surface area contributed by atoms with Crippen molar-refractivity contribution in [1.82, 2.24) is 4.90 Å². The lowest BCUT2D eigenvalue weighted by Crippen LogP contribution is -2.38. The fourth-order valence-corrected chi connectivity index (χ4v) is 2.99. The van der Waals surface area contributed by atoms with Crippen molar-refractivity contribution in [3.63, 3.8) is 0 Å². The van der Waals surface area contributed by atoms with E-state index in [4.69, 9.17) is 0 Å². The molecule has 0 spiro atoms. The summed E-state index contributed by atoms with van der Waals surface area (Å²) >= 11 is 0. The van der Waals surface area contributed by atoms with Gasteiger partial charge in [-0.05, 0) is 56.7 Å². The molecule has 1 aliphatic rings. The highest BCUT2D eigenvalue weighted by atomic mass is 16.3. The average Bonchev–Trinajstić information content (AvgIpc) is 2.81. The van der Waals surface area contributed by atoms with Crippen molar-refractivity contribution in [3.05, 3.63) is 34.9 Å². The Kier molecular flexibility index (Phi) is 4.81. The molecule has 20 heavy (non-hydrogen) atoms. The van der Waals surface area contributed by atoms with Crippen molar-refractivity contribution in [2.24, 2.45) is 0 Å². The van der Waals surface area contributed by atoms with Crippen molar-refractivity contribution in [1.29, 1.82) is 0 Å².